The molecular weight excluding hydrogens is 649 g/mol. The third kappa shape index (κ3) is 29.2. The van der Waals surface area contributed by atoms with Gasteiger partial charge in [-0.1, -0.05) is 17.5 Å². The van der Waals surface area contributed by atoms with E-state index < -0.39 is 0 Å². The Labute approximate surface area is 263 Å². The van der Waals surface area contributed by atoms with Crippen LogP contribution in [0.1, 0.15) is 55.4 Å². The molecule has 0 atom stereocenters. The van der Waals surface area contributed by atoms with Gasteiger partial charge in [-0.15, -0.1) is 0 Å². The average molecular weight is 689 g/mol. The van der Waals surface area contributed by atoms with E-state index in [1.807, 2.05) is 73.7 Å². The van der Waals surface area contributed by atoms with E-state index in [0.29, 0.717) is 17.5 Å². The van der Waals surface area contributed by atoms with Crippen LogP contribution in [0.4, 0.5) is 0 Å². The van der Waals surface area contributed by atoms with Crippen molar-refractivity contribution in [2.24, 2.45) is 0 Å². The molecule has 0 aliphatic carbocycles. The fourth-order valence-corrected chi connectivity index (χ4v) is 3.99. The van der Waals surface area contributed by atoms with Crippen molar-refractivity contribution in [3.8, 4) is 0 Å². The maximum absolute atomic E-state index is 4.76. The van der Waals surface area contributed by atoms with Gasteiger partial charge in [-0.05, 0) is 55.4 Å². The zero-order valence-electron chi connectivity index (χ0n) is 21.1. The van der Waals surface area contributed by atoms with Gasteiger partial charge in [-0.2, -0.15) is 0 Å². The van der Waals surface area contributed by atoms with Crippen LogP contribution in [-0.4, -0.2) is 88.2 Å². The van der Waals surface area contributed by atoms with Crippen molar-refractivity contribution in [3.05, 3.63) is 0 Å². The summed E-state index contributed by atoms with van der Waals surface area (Å²) < 4.78 is 10.2. The van der Waals surface area contributed by atoms with Gasteiger partial charge in [0.2, 0.25) is 0 Å². The average Bonchev–Trinajstić information content (AvgIpc) is 2.72. The molecule has 0 spiro atoms. The molecule has 0 aliphatic rings. The molecular formula is C20H40MoN4S8-4. The Balaban J connectivity index is -0.000000105. The first-order valence-corrected chi connectivity index (χ1v) is 14.0. The zero-order valence-corrected chi connectivity index (χ0v) is 29.7. The Bertz CT molecular complexity index is 465. The van der Waals surface area contributed by atoms with Gasteiger partial charge in [0.1, 0.15) is 52.4 Å². The molecule has 0 unspecified atom stereocenters. The van der Waals surface area contributed by atoms with Gasteiger partial charge in [0.25, 0.3) is 0 Å². The topological polar surface area (TPSA) is 12.0 Å². The maximum atomic E-state index is 4.76. The van der Waals surface area contributed by atoms with E-state index >= 15 is 0 Å². The van der Waals surface area contributed by atoms with Crippen molar-refractivity contribution in [1.29, 1.82) is 0 Å². The van der Waals surface area contributed by atoms with Crippen LogP contribution in [0.2, 0.25) is 0 Å². The second kappa shape index (κ2) is 31.2. The first-order chi connectivity index (χ1) is 14.9. The van der Waals surface area contributed by atoms with E-state index in [2.05, 4.69) is 0 Å². The molecule has 0 aromatic carbocycles. The van der Waals surface area contributed by atoms with Crippen molar-refractivity contribution >= 4 is 119 Å². The number of rotatable bonds is 8. The van der Waals surface area contributed by atoms with Crippen LogP contribution in [0.15, 0.2) is 0 Å². The Morgan fingerprint density at radius 1 is 0.333 bits per heavy atom. The van der Waals surface area contributed by atoms with Gasteiger partial charge < -0.3 is 101 Å². The first-order valence-electron chi connectivity index (χ1n) is 10.7. The van der Waals surface area contributed by atoms with Gasteiger partial charge in [0.05, 0.1) is 0 Å². The Kier molecular flexibility index (Phi) is 41.7. The van der Waals surface area contributed by atoms with Gasteiger partial charge in [-0.3, -0.25) is 18.3 Å². The van der Waals surface area contributed by atoms with Crippen molar-refractivity contribution in [1.82, 2.24) is 0 Å². The Morgan fingerprint density at radius 3 is 0.424 bits per heavy atom. The molecule has 0 saturated carbocycles. The fraction of sp³-hybridized carbons (Fsp3) is 0.800. The normalized spacial score (nSPS) is 8.48. The van der Waals surface area contributed by atoms with Gasteiger partial charge in [0.15, 0.2) is 0 Å². The molecule has 33 heavy (non-hydrogen) atoms. The predicted octanol–water partition coefficient (Wildman–Crippen LogP) is 1.95. The van der Waals surface area contributed by atoms with Crippen LogP contribution in [0.3, 0.4) is 0 Å². The summed E-state index contributed by atoms with van der Waals surface area (Å²) in [7, 11) is 0. The quantitative estimate of drug-likeness (QED) is 0.125. The number of hydrogen-bond donors (Lipinski definition) is 0. The molecule has 0 aromatic rings. The monoisotopic (exact) mass is 690 g/mol. The van der Waals surface area contributed by atoms with E-state index in [-0.39, 0.29) is 21.1 Å². The summed E-state index contributed by atoms with van der Waals surface area (Å²) in [6.07, 6.45) is 0. The summed E-state index contributed by atoms with van der Waals surface area (Å²) in [6, 6.07) is 0. The van der Waals surface area contributed by atoms with Gasteiger partial charge in [0, 0.05) is 21.1 Å². The molecule has 0 radical (unpaired) electrons. The minimum atomic E-state index is 0. The predicted molar refractivity (Wildman–Crippen MR) is 164 cm³/mol. The molecule has 0 aliphatic heterocycles. The van der Waals surface area contributed by atoms with Crippen LogP contribution < -0.4 is 0 Å². The molecule has 0 saturated heterocycles. The van der Waals surface area contributed by atoms with E-state index in [1.54, 1.807) is 0 Å². The fourth-order valence-electron chi connectivity index (χ4n) is 1.93. The summed E-state index contributed by atoms with van der Waals surface area (Å²) in [5, 5.41) is 0. The molecule has 4 nitrogen and oxygen atoms in total. The molecule has 0 bridgehead atoms. The van der Waals surface area contributed by atoms with Crippen LogP contribution in [0.5, 0.6) is 0 Å². The molecule has 0 heterocycles. The third-order valence-electron chi connectivity index (χ3n) is 4.09. The van der Waals surface area contributed by atoms with Crippen molar-refractivity contribution in [3.63, 3.8) is 0 Å². The summed E-state index contributed by atoms with van der Waals surface area (Å²) in [5.74, 6) is 0. The largest absolute Gasteiger partial charge is 0.741 e. The second-order valence-electron chi connectivity index (χ2n) is 5.75. The standard InChI is InChI=1S/4C5H11NS2.Mo/c4*1-3-6(4-2)5(7)8;/h4*3-4H2,1-2H3,(H,7,8);/p-4. The van der Waals surface area contributed by atoms with Crippen LogP contribution >= 0.6 is 0 Å². The van der Waals surface area contributed by atoms with Crippen LogP contribution in [-0.2, 0) is 122 Å². The van der Waals surface area contributed by atoms with E-state index in [4.69, 9.17) is 101 Å². The minimum absolute atomic E-state index is 0. The smallest absolute Gasteiger partial charge is 0.136 e. The van der Waals surface area contributed by atoms with E-state index in [9.17, 15) is 0 Å². The summed E-state index contributed by atoms with van der Waals surface area (Å²) in [5.41, 5.74) is 0. The van der Waals surface area contributed by atoms with Gasteiger partial charge in [-0.25, -0.2) is 0 Å². The third-order valence-corrected chi connectivity index (χ3v) is 6.15. The van der Waals surface area contributed by atoms with Crippen LogP contribution in [0, 0.1) is 0 Å². The summed E-state index contributed by atoms with van der Waals surface area (Å²) in [4.78, 5) is 0. The molecule has 0 N–H and O–H groups in total. The summed E-state index contributed by atoms with van der Waals surface area (Å²) >= 11 is 38.0. The molecule has 0 amide bonds. The molecule has 0 rings (SSSR count). The minimum Gasteiger partial charge on any atom is -0.741 e. The van der Waals surface area contributed by atoms with Crippen molar-refractivity contribution < 1.29 is 39.4 Å². The van der Waals surface area contributed by atoms with Crippen LogP contribution in [0.25, 0.3) is 0 Å². The molecule has 0 fully saturated rings. The molecule has 198 valence electrons. The number of nitrogens with zero attached hydrogens (tertiary/aromatic N) is 4. The molecule has 0 aromatic heterocycles. The molecule has 13 heteroatoms. The maximum Gasteiger partial charge on any atom is 0.136 e. The second-order valence-corrected chi connectivity index (χ2v) is 9.88. The zero-order chi connectivity index (χ0) is 26.3. The van der Waals surface area contributed by atoms with E-state index in [0.717, 1.165) is 52.4 Å². The summed E-state index contributed by atoms with van der Waals surface area (Å²) in [6.45, 7) is 23.8. The Morgan fingerprint density at radius 2 is 0.424 bits per heavy atom. The van der Waals surface area contributed by atoms with Crippen molar-refractivity contribution in [2.75, 3.05) is 52.4 Å². The first kappa shape index (κ1) is 44.1. The van der Waals surface area contributed by atoms with Crippen molar-refractivity contribution in [2.45, 2.75) is 55.4 Å². The number of hydrogen-bond acceptors (Lipinski definition) is 8. The Hall–Kier alpha value is 1.13. The van der Waals surface area contributed by atoms with E-state index in [1.165, 1.54) is 0 Å². The van der Waals surface area contributed by atoms with Gasteiger partial charge >= 0.3 is 0 Å². The SMILES string of the molecule is CC[N+](CC)=C([S-])[S-].CC[N+](CC)=C([S-])[S-].CC[N+](CC)=C([S-])[S-].CC[N+](CC)=C([S-])[S-].[Mo].